The average molecular weight is 294 g/mol. The highest BCUT2D eigenvalue weighted by Crippen LogP contribution is 2.42. The molecule has 1 aliphatic heterocycles. The lowest BCUT2D eigenvalue weighted by Gasteiger charge is -2.19. The van der Waals surface area contributed by atoms with Gasteiger partial charge in [0.2, 0.25) is 5.78 Å². The predicted molar refractivity (Wildman–Crippen MR) is 60.3 cm³/mol. The van der Waals surface area contributed by atoms with Gasteiger partial charge in [0, 0.05) is 16.5 Å². The summed E-state index contributed by atoms with van der Waals surface area (Å²) in [6.45, 7) is 3.76. The Hall–Kier alpha value is -1.66. The van der Waals surface area contributed by atoms with E-state index in [0.29, 0.717) is 11.3 Å². The second kappa shape index (κ2) is 4.17. The summed E-state index contributed by atoms with van der Waals surface area (Å²) in [7, 11) is 0. The first-order valence-corrected chi connectivity index (χ1v) is 5.73. The number of ether oxygens (including phenoxy) is 1. The van der Waals surface area contributed by atoms with E-state index in [4.69, 9.17) is 4.74 Å². The fourth-order valence-electron chi connectivity index (χ4n) is 1.97. The van der Waals surface area contributed by atoms with Crippen LogP contribution in [0.3, 0.4) is 0 Å². The number of carbonyl (C=O) groups is 1. The summed E-state index contributed by atoms with van der Waals surface area (Å²) >= 11 is 0. The Morgan fingerprint density at radius 2 is 1.80 bits per heavy atom. The van der Waals surface area contributed by atoms with Crippen LogP contribution in [0.5, 0.6) is 5.75 Å². The molecule has 0 atom stereocenters. The summed E-state index contributed by atoms with van der Waals surface area (Å²) in [5.41, 5.74) is -0.773. The lowest BCUT2D eigenvalue weighted by atomic mass is 9.85. The Balaban J connectivity index is 2.44. The summed E-state index contributed by atoms with van der Waals surface area (Å²) in [5, 5.41) is 0. The Kier molecular flexibility index (Phi) is 3.07. The molecule has 0 aromatic heterocycles. The zero-order valence-corrected chi connectivity index (χ0v) is 10.6. The number of halogens is 5. The van der Waals surface area contributed by atoms with Crippen LogP contribution in [-0.4, -0.2) is 24.5 Å². The molecule has 0 saturated heterocycles. The summed E-state index contributed by atoms with van der Waals surface area (Å²) < 4.78 is 68.0. The molecule has 0 radical (unpaired) electrons. The molecule has 0 bridgehead atoms. The highest BCUT2D eigenvalue weighted by atomic mass is 19.4. The van der Waals surface area contributed by atoms with Crippen LogP contribution in [0.25, 0.3) is 0 Å². The van der Waals surface area contributed by atoms with Crippen molar-refractivity contribution >= 4 is 5.78 Å². The molecule has 2 rings (SSSR count). The number of alkyl halides is 5. The fourth-order valence-corrected chi connectivity index (χ4v) is 1.97. The highest BCUT2D eigenvalue weighted by molar-refractivity contribution is 6.02. The molecule has 20 heavy (non-hydrogen) atoms. The first-order valence-electron chi connectivity index (χ1n) is 5.73. The SMILES string of the molecule is CC1(C)COc2ccc(C(=O)C(F)(F)C(F)(F)F)cc21. The fraction of sp³-hybridized carbons (Fsp3) is 0.462. The molecule has 2 nitrogen and oxygen atoms in total. The maximum absolute atomic E-state index is 13.0. The van der Waals surface area contributed by atoms with Crippen LogP contribution >= 0.6 is 0 Å². The standard InChI is InChI=1S/C13H11F5O2/c1-11(2)6-20-9-4-3-7(5-8(9)11)10(19)12(14,15)13(16,17)18/h3-5H,6H2,1-2H3. The van der Waals surface area contributed by atoms with Crippen LogP contribution in [0.15, 0.2) is 18.2 Å². The Morgan fingerprint density at radius 1 is 1.20 bits per heavy atom. The Labute approximate surface area is 111 Å². The molecule has 0 amide bonds. The lowest BCUT2D eigenvalue weighted by Crippen LogP contribution is -2.44. The van der Waals surface area contributed by atoms with Crippen molar-refractivity contribution in [1.82, 2.24) is 0 Å². The molecule has 7 heteroatoms. The van der Waals surface area contributed by atoms with Gasteiger partial charge in [-0.2, -0.15) is 22.0 Å². The number of hydrogen-bond donors (Lipinski definition) is 0. The van der Waals surface area contributed by atoms with Crippen molar-refractivity contribution in [3.63, 3.8) is 0 Å². The summed E-state index contributed by atoms with van der Waals surface area (Å²) in [4.78, 5) is 11.4. The number of hydrogen-bond acceptors (Lipinski definition) is 2. The van der Waals surface area contributed by atoms with E-state index in [0.717, 1.165) is 12.1 Å². The second-order valence-electron chi connectivity index (χ2n) is 5.28. The normalized spacial score (nSPS) is 17.6. The second-order valence-corrected chi connectivity index (χ2v) is 5.28. The van der Waals surface area contributed by atoms with Crippen molar-refractivity contribution in [2.24, 2.45) is 0 Å². The van der Waals surface area contributed by atoms with E-state index < -0.39 is 28.9 Å². The number of Topliss-reactive ketones (excluding diaryl/α,β-unsaturated/α-hetero) is 1. The smallest absolute Gasteiger partial charge is 0.461 e. The van der Waals surface area contributed by atoms with Gasteiger partial charge in [-0.25, -0.2) is 0 Å². The molecule has 1 aliphatic rings. The van der Waals surface area contributed by atoms with Gasteiger partial charge in [-0.3, -0.25) is 4.79 Å². The van der Waals surface area contributed by atoms with Crippen LogP contribution in [0, 0.1) is 0 Å². The topological polar surface area (TPSA) is 26.3 Å². The van der Waals surface area contributed by atoms with E-state index in [-0.39, 0.29) is 6.61 Å². The Morgan fingerprint density at radius 3 is 2.35 bits per heavy atom. The molecular formula is C13H11F5O2. The van der Waals surface area contributed by atoms with E-state index in [2.05, 4.69) is 0 Å². The molecule has 1 aromatic rings. The number of carbonyl (C=O) groups excluding carboxylic acids is 1. The van der Waals surface area contributed by atoms with E-state index in [1.807, 2.05) is 0 Å². The molecule has 0 N–H and O–H groups in total. The largest absolute Gasteiger partial charge is 0.492 e. The van der Waals surface area contributed by atoms with Crippen LogP contribution in [0.4, 0.5) is 22.0 Å². The van der Waals surface area contributed by atoms with Crippen molar-refractivity contribution in [2.45, 2.75) is 31.4 Å². The van der Waals surface area contributed by atoms with Gasteiger partial charge in [-0.05, 0) is 18.2 Å². The number of rotatable bonds is 2. The van der Waals surface area contributed by atoms with Gasteiger partial charge in [0.05, 0.1) is 6.61 Å². The van der Waals surface area contributed by atoms with Gasteiger partial charge in [-0.1, -0.05) is 13.8 Å². The van der Waals surface area contributed by atoms with Crippen molar-refractivity contribution in [2.75, 3.05) is 6.61 Å². The molecule has 110 valence electrons. The summed E-state index contributed by atoms with van der Waals surface area (Å²) in [6.07, 6.45) is -5.91. The van der Waals surface area contributed by atoms with Gasteiger partial charge in [0.1, 0.15) is 5.75 Å². The monoisotopic (exact) mass is 294 g/mol. The highest BCUT2D eigenvalue weighted by Gasteiger charge is 2.63. The van der Waals surface area contributed by atoms with E-state index in [9.17, 15) is 26.7 Å². The van der Waals surface area contributed by atoms with Crippen LogP contribution in [0.2, 0.25) is 0 Å². The van der Waals surface area contributed by atoms with Crippen LogP contribution in [-0.2, 0) is 5.41 Å². The molecule has 0 unspecified atom stereocenters. The third-order valence-electron chi connectivity index (χ3n) is 3.20. The number of fused-ring (bicyclic) bond motifs is 1. The lowest BCUT2D eigenvalue weighted by molar-refractivity contribution is -0.255. The quantitative estimate of drug-likeness (QED) is 0.613. The van der Waals surface area contributed by atoms with Crippen molar-refractivity contribution in [3.8, 4) is 5.75 Å². The van der Waals surface area contributed by atoms with Crippen molar-refractivity contribution < 1.29 is 31.5 Å². The summed E-state index contributed by atoms with van der Waals surface area (Å²) in [6, 6.07) is 3.20. The first kappa shape index (κ1) is 14.7. The molecule has 1 heterocycles. The zero-order valence-electron chi connectivity index (χ0n) is 10.6. The molecule has 0 fully saturated rings. The number of ketones is 1. The van der Waals surface area contributed by atoms with Gasteiger partial charge < -0.3 is 4.74 Å². The van der Waals surface area contributed by atoms with Crippen LogP contribution in [0.1, 0.15) is 29.8 Å². The minimum absolute atomic E-state index is 0.273. The maximum atomic E-state index is 13.0. The molecule has 0 spiro atoms. The third-order valence-corrected chi connectivity index (χ3v) is 3.20. The third kappa shape index (κ3) is 2.14. The molecule has 0 aliphatic carbocycles. The minimum Gasteiger partial charge on any atom is -0.492 e. The predicted octanol–water partition coefficient (Wildman–Crippen LogP) is 3.74. The molecule has 0 saturated carbocycles. The van der Waals surface area contributed by atoms with Gasteiger partial charge in [0.15, 0.2) is 0 Å². The van der Waals surface area contributed by atoms with Gasteiger partial charge in [0.25, 0.3) is 0 Å². The molecule has 1 aromatic carbocycles. The van der Waals surface area contributed by atoms with E-state index >= 15 is 0 Å². The van der Waals surface area contributed by atoms with Crippen molar-refractivity contribution in [3.05, 3.63) is 29.3 Å². The minimum atomic E-state index is -5.91. The van der Waals surface area contributed by atoms with Gasteiger partial charge in [-0.15, -0.1) is 0 Å². The number of benzene rings is 1. The first-order chi connectivity index (χ1) is 8.97. The van der Waals surface area contributed by atoms with Crippen molar-refractivity contribution in [1.29, 1.82) is 0 Å². The van der Waals surface area contributed by atoms with Crippen LogP contribution < -0.4 is 4.74 Å². The van der Waals surface area contributed by atoms with E-state index in [1.54, 1.807) is 13.8 Å². The Bertz CT molecular complexity index is 560. The van der Waals surface area contributed by atoms with Gasteiger partial charge >= 0.3 is 12.1 Å². The average Bonchev–Trinajstić information content (AvgIpc) is 2.63. The zero-order chi connectivity index (χ0) is 15.3. The molecular weight excluding hydrogens is 283 g/mol. The summed E-state index contributed by atoms with van der Waals surface area (Å²) in [5.74, 6) is -7.26. The van der Waals surface area contributed by atoms with E-state index in [1.165, 1.54) is 6.07 Å². The maximum Gasteiger partial charge on any atom is 0.461 e.